The molecule has 6 heteroatoms. The number of hydrogen-bond donors (Lipinski definition) is 1. The summed E-state index contributed by atoms with van der Waals surface area (Å²) in [7, 11) is -1.49. The van der Waals surface area contributed by atoms with Gasteiger partial charge in [-0.2, -0.15) is 0 Å². The van der Waals surface area contributed by atoms with Crippen molar-refractivity contribution in [2.45, 2.75) is 32.1 Å². The second-order valence-electron chi connectivity index (χ2n) is 5.32. The molecule has 0 fully saturated rings. The molecule has 1 aromatic heterocycles. The predicted molar refractivity (Wildman–Crippen MR) is 76.0 cm³/mol. The summed E-state index contributed by atoms with van der Waals surface area (Å²) in [5.41, 5.74) is 0.994. The molecule has 0 saturated heterocycles. The molecule has 19 heavy (non-hydrogen) atoms. The molecule has 108 valence electrons. The Morgan fingerprint density at radius 2 is 2.00 bits per heavy atom. The summed E-state index contributed by atoms with van der Waals surface area (Å²) >= 11 is 0. The van der Waals surface area contributed by atoms with Crippen LogP contribution in [-0.2, 0) is 16.4 Å². The lowest BCUT2D eigenvalue weighted by atomic mass is 10.3. The van der Waals surface area contributed by atoms with Gasteiger partial charge in [0.1, 0.15) is 0 Å². The average Bonchev–Trinajstić information content (AvgIpc) is 2.34. The lowest BCUT2D eigenvalue weighted by Gasteiger charge is -2.19. The van der Waals surface area contributed by atoms with Gasteiger partial charge in [0.15, 0.2) is 9.84 Å². The van der Waals surface area contributed by atoms with Crippen molar-refractivity contribution in [2.24, 2.45) is 0 Å². The Morgan fingerprint density at radius 1 is 1.32 bits per heavy atom. The molecule has 1 rings (SSSR count). The third-order valence-electron chi connectivity index (χ3n) is 2.82. The van der Waals surface area contributed by atoms with E-state index in [9.17, 15) is 8.42 Å². The van der Waals surface area contributed by atoms with E-state index < -0.39 is 14.6 Å². The summed E-state index contributed by atoms with van der Waals surface area (Å²) in [6, 6.07) is 3.68. The molecule has 1 aromatic rings. The molecule has 0 aromatic carbocycles. The lowest BCUT2D eigenvalue weighted by molar-refractivity contribution is 0.397. The zero-order valence-electron chi connectivity index (χ0n) is 11.9. The Labute approximate surface area is 115 Å². The Morgan fingerprint density at radius 3 is 2.47 bits per heavy atom. The maximum absolute atomic E-state index is 11.9. The van der Waals surface area contributed by atoms with Crippen LogP contribution in [0.25, 0.3) is 0 Å². The van der Waals surface area contributed by atoms with Crippen molar-refractivity contribution in [3.63, 3.8) is 0 Å². The third kappa shape index (κ3) is 4.80. The van der Waals surface area contributed by atoms with Crippen LogP contribution >= 0.6 is 0 Å². The maximum atomic E-state index is 11.9. The van der Waals surface area contributed by atoms with Crippen LogP contribution in [0.15, 0.2) is 18.3 Å². The summed E-state index contributed by atoms with van der Waals surface area (Å²) in [4.78, 5) is 4.08. The van der Waals surface area contributed by atoms with Gasteiger partial charge in [0.05, 0.1) is 17.6 Å². The van der Waals surface area contributed by atoms with Crippen molar-refractivity contribution < 1.29 is 13.2 Å². The van der Waals surface area contributed by atoms with Crippen LogP contribution in [0.5, 0.6) is 5.88 Å². The van der Waals surface area contributed by atoms with Crippen LogP contribution in [-0.4, -0.2) is 37.6 Å². The number of pyridine rings is 1. The van der Waals surface area contributed by atoms with Crippen LogP contribution in [0.4, 0.5) is 0 Å². The van der Waals surface area contributed by atoms with E-state index >= 15 is 0 Å². The fourth-order valence-electron chi connectivity index (χ4n) is 1.38. The quantitative estimate of drug-likeness (QED) is 0.800. The fraction of sp³-hybridized carbons (Fsp3) is 0.615. The van der Waals surface area contributed by atoms with Crippen molar-refractivity contribution in [1.82, 2.24) is 10.3 Å². The van der Waals surface area contributed by atoms with E-state index in [0.717, 1.165) is 5.56 Å². The second-order valence-corrected chi connectivity index (χ2v) is 8.18. The number of ether oxygens (including phenoxy) is 1. The van der Waals surface area contributed by atoms with Crippen LogP contribution < -0.4 is 10.1 Å². The number of aromatic nitrogens is 1. The molecule has 0 aliphatic heterocycles. The highest BCUT2D eigenvalue weighted by atomic mass is 32.2. The van der Waals surface area contributed by atoms with Crippen LogP contribution in [0.1, 0.15) is 26.3 Å². The molecular weight excluding hydrogens is 264 g/mol. The smallest absolute Gasteiger partial charge is 0.212 e. The first kappa shape index (κ1) is 15.9. The number of rotatable bonds is 6. The highest BCUT2D eigenvalue weighted by Gasteiger charge is 2.27. The van der Waals surface area contributed by atoms with Gasteiger partial charge in [0.25, 0.3) is 0 Å². The van der Waals surface area contributed by atoms with Crippen molar-refractivity contribution in [3.05, 3.63) is 23.9 Å². The van der Waals surface area contributed by atoms with Crippen LogP contribution in [0.3, 0.4) is 0 Å². The molecule has 0 saturated carbocycles. The molecule has 0 amide bonds. The molecule has 0 radical (unpaired) electrons. The molecule has 0 aliphatic carbocycles. The summed E-state index contributed by atoms with van der Waals surface area (Å²) < 4.78 is 28.0. The molecule has 0 bridgehead atoms. The molecule has 0 unspecified atom stereocenters. The van der Waals surface area contributed by atoms with Crippen molar-refractivity contribution in [3.8, 4) is 5.88 Å². The predicted octanol–water partition coefficient (Wildman–Crippen LogP) is 1.39. The van der Waals surface area contributed by atoms with E-state index in [0.29, 0.717) is 19.0 Å². The minimum absolute atomic E-state index is 0.139. The summed E-state index contributed by atoms with van der Waals surface area (Å²) in [6.45, 7) is 6.18. The standard InChI is InChI=1S/C13H22N2O3S/c1-13(2,3)19(16,17)8-7-14-9-11-5-6-12(18-4)15-10-11/h5-6,10,14H,7-9H2,1-4H3. The Hall–Kier alpha value is -1.14. The van der Waals surface area contributed by atoms with E-state index in [1.165, 1.54) is 0 Å². The van der Waals surface area contributed by atoms with Crippen molar-refractivity contribution >= 4 is 9.84 Å². The zero-order valence-corrected chi connectivity index (χ0v) is 12.8. The fourth-order valence-corrected chi connectivity index (χ4v) is 2.41. The van der Waals surface area contributed by atoms with Crippen LogP contribution in [0.2, 0.25) is 0 Å². The Kier molecular flexibility index (Phi) is 5.31. The summed E-state index contributed by atoms with van der Waals surface area (Å²) in [6.07, 6.45) is 1.71. The molecule has 1 heterocycles. The third-order valence-corrected chi connectivity index (χ3v) is 5.42. The van der Waals surface area contributed by atoms with Gasteiger partial charge in [-0.15, -0.1) is 0 Å². The van der Waals surface area contributed by atoms with Crippen LogP contribution in [0, 0.1) is 0 Å². The van der Waals surface area contributed by atoms with Gasteiger partial charge in [-0.05, 0) is 26.3 Å². The largest absolute Gasteiger partial charge is 0.481 e. The summed E-state index contributed by atoms with van der Waals surface area (Å²) in [5.74, 6) is 0.708. The van der Waals surface area contributed by atoms with E-state index in [1.807, 2.05) is 6.07 Å². The van der Waals surface area contributed by atoms with Gasteiger partial charge >= 0.3 is 0 Å². The number of nitrogens with zero attached hydrogens (tertiary/aromatic N) is 1. The number of methoxy groups -OCH3 is 1. The molecule has 0 spiro atoms. The highest BCUT2D eigenvalue weighted by Crippen LogP contribution is 2.15. The minimum Gasteiger partial charge on any atom is -0.481 e. The van der Waals surface area contributed by atoms with Gasteiger partial charge in [0, 0.05) is 25.4 Å². The average molecular weight is 286 g/mol. The van der Waals surface area contributed by atoms with Gasteiger partial charge in [0.2, 0.25) is 5.88 Å². The first-order chi connectivity index (χ1) is 8.76. The number of nitrogens with one attached hydrogen (secondary N) is 1. The monoisotopic (exact) mass is 286 g/mol. The molecule has 0 atom stereocenters. The van der Waals surface area contributed by atoms with Gasteiger partial charge < -0.3 is 10.1 Å². The maximum Gasteiger partial charge on any atom is 0.212 e. The molecule has 5 nitrogen and oxygen atoms in total. The van der Waals surface area contributed by atoms with Gasteiger partial charge in [-0.1, -0.05) is 6.07 Å². The number of sulfone groups is 1. The van der Waals surface area contributed by atoms with E-state index in [-0.39, 0.29) is 5.75 Å². The second kappa shape index (κ2) is 6.34. The first-order valence-corrected chi connectivity index (χ1v) is 7.83. The topological polar surface area (TPSA) is 68.3 Å². The normalized spacial score (nSPS) is 12.4. The SMILES string of the molecule is COc1ccc(CNCCS(=O)(=O)C(C)(C)C)cn1. The minimum atomic E-state index is -3.06. The van der Waals surface area contributed by atoms with Crippen molar-refractivity contribution in [2.75, 3.05) is 19.4 Å². The highest BCUT2D eigenvalue weighted by molar-refractivity contribution is 7.92. The van der Waals surface area contributed by atoms with E-state index in [1.54, 1.807) is 40.1 Å². The molecule has 0 aliphatic rings. The zero-order chi connectivity index (χ0) is 14.5. The summed E-state index contributed by atoms with van der Waals surface area (Å²) in [5, 5.41) is 3.11. The lowest BCUT2D eigenvalue weighted by Crippen LogP contribution is -2.34. The molecule has 1 N–H and O–H groups in total. The Balaban J connectivity index is 2.39. The van der Waals surface area contributed by atoms with E-state index in [4.69, 9.17) is 4.74 Å². The van der Waals surface area contributed by atoms with Gasteiger partial charge in [-0.3, -0.25) is 0 Å². The molecular formula is C13H22N2O3S. The Bertz CT molecular complexity index is 490. The first-order valence-electron chi connectivity index (χ1n) is 6.18. The van der Waals surface area contributed by atoms with Gasteiger partial charge in [-0.25, -0.2) is 13.4 Å². The van der Waals surface area contributed by atoms with E-state index in [2.05, 4.69) is 10.3 Å². The van der Waals surface area contributed by atoms with Crippen molar-refractivity contribution in [1.29, 1.82) is 0 Å². The number of hydrogen-bond acceptors (Lipinski definition) is 5.